The van der Waals surface area contributed by atoms with Crippen LogP contribution in [0.3, 0.4) is 0 Å². The topological polar surface area (TPSA) is 116 Å². The predicted molar refractivity (Wildman–Crippen MR) is 95.3 cm³/mol. The molecular formula is C16H21N5O4S. The largest absolute Gasteiger partial charge is 0.433 e. The van der Waals surface area contributed by atoms with Gasteiger partial charge in [0.1, 0.15) is 10.7 Å². The monoisotopic (exact) mass is 379 g/mol. The van der Waals surface area contributed by atoms with Crippen LogP contribution < -0.4 is 5.32 Å². The van der Waals surface area contributed by atoms with Gasteiger partial charge in [-0.25, -0.2) is 0 Å². The van der Waals surface area contributed by atoms with E-state index in [1.807, 2.05) is 6.26 Å². The number of nitrogens with zero attached hydrogens (tertiary/aromatic N) is 4. The number of aryl methyl sites for hydroxylation is 1. The van der Waals surface area contributed by atoms with Crippen LogP contribution in [0.25, 0.3) is 0 Å². The molecule has 0 unspecified atom stereocenters. The van der Waals surface area contributed by atoms with E-state index in [1.165, 1.54) is 25.0 Å². The Morgan fingerprint density at radius 3 is 2.85 bits per heavy atom. The van der Waals surface area contributed by atoms with Gasteiger partial charge in [-0.1, -0.05) is 24.6 Å². The second kappa shape index (κ2) is 8.35. The number of thioether (sulfide) groups is 1. The summed E-state index contributed by atoms with van der Waals surface area (Å²) < 4.78 is 7.13. The summed E-state index contributed by atoms with van der Waals surface area (Å²) in [5.41, 5.74) is 0. The number of aromatic nitrogens is 3. The van der Waals surface area contributed by atoms with Crippen LogP contribution in [0.4, 0.5) is 5.88 Å². The van der Waals surface area contributed by atoms with E-state index in [9.17, 15) is 14.9 Å². The molecular weight excluding hydrogens is 358 g/mol. The highest BCUT2D eigenvalue weighted by atomic mass is 32.2. The first-order chi connectivity index (χ1) is 12.6. The van der Waals surface area contributed by atoms with Crippen molar-refractivity contribution in [2.45, 2.75) is 49.7 Å². The highest BCUT2D eigenvalue weighted by molar-refractivity contribution is 7.98. The third-order valence-corrected chi connectivity index (χ3v) is 5.11. The van der Waals surface area contributed by atoms with Crippen LogP contribution in [0.5, 0.6) is 0 Å². The molecule has 2 aromatic rings. The maximum Gasteiger partial charge on any atom is 0.433 e. The predicted octanol–water partition coefficient (Wildman–Crippen LogP) is 2.98. The van der Waals surface area contributed by atoms with Crippen LogP contribution in [0.1, 0.15) is 54.5 Å². The number of carbonyl (C=O) groups is 1. The van der Waals surface area contributed by atoms with Crippen molar-refractivity contribution in [3.8, 4) is 0 Å². The molecule has 0 radical (unpaired) electrons. The van der Waals surface area contributed by atoms with Crippen LogP contribution in [-0.4, -0.2) is 38.4 Å². The molecule has 1 saturated carbocycles. The maximum absolute atomic E-state index is 12.0. The fraction of sp³-hybridized carbons (Fsp3) is 0.562. The number of nitrogens with one attached hydrogen (secondary N) is 1. The van der Waals surface area contributed by atoms with Crippen molar-refractivity contribution >= 4 is 23.6 Å². The van der Waals surface area contributed by atoms with Crippen molar-refractivity contribution in [2.75, 3.05) is 12.8 Å². The third-order valence-electron chi connectivity index (χ3n) is 4.47. The molecule has 0 aliphatic heterocycles. The average Bonchev–Trinajstić information content (AvgIpc) is 3.38. The van der Waals surface area contributed by atoms with E-state index in [-0.39, 0.29) is 5.76 Å². The first kappa shape index (κ1) is 18.4. The van der Waals surface area contributed by atoms with Gasteiger partial charge < -0.3 is 14.3 Å². The minimum absolute atomic E-state index is 0.0597. The van der Waals surface area contributed by atoms with Gasteiger partial charge in [0.15, 0.2) is 10.9 Å². The summed E-state index contributed by atoms with van der Waals surface area (Å²) >= 11 is 1.60. The maximum atomic E-state index is 12.0. The van der Waals surface area contributed by atoms with Crippen molar-refractivity contribution in [1.29, 1.82) is 0 Å². The van der Waals surface area contributed by atoms with Crippen molar-refractivity contribution < 1.29 is 14.1 Å². The van der Waals surface area contributed by atoms with Gasteiger partial charge in [0.25, 0.3) is 5.91 Å². The summed E-state index contributed by atoms with van der Waals surface area (Å²) in [7, 11) is 0. The molecule has 1 amide bonds. The molecule has 1 aliphatic rings. The Bertz CT molecular complexity index is 781. The average molecular weight is 379 g/mol. The molecule has 0 atom stereocenters. The molecule has 1 fully saturated rings. The van der Waals surface area contributed by atoms with Gasteiger partial charge in [0, 0.05) is 19.0 Å². The molecule has 0 aromatic carbocycles. The lowest BCUT2D eigenvalue weighted by atomic mass is 10.2. The molecule has 140 valence electrons. The van der Waals surface area contributed by atoms with Gasteiger partial charge in [0.2, 0.25) is 0 Å². The zero-order valence-corrected chi connectivity index (χ0v) is 15.3. The first-order valence-electron chi connectivity index (χ1n) is 8.60. The first-order valence-corrected chi connectivity index (χ1v) is 9.83. The molecule has 26 heavy (non-hydrogen) atoms. The second-order valence-corrected chi connectivity index (χ2v) is 6.94. The van der Waals surface area contributed by atoms with E-state index in [2.05, 4.69) is 20.1 Å². The van der Waals surface area contributed by atoms with Gasteiger partial charge in [-0.15, -0.1) is 10.2 Å². The van der Waals surface area contributed by atoms with E-state index in [0.717, 1.165) is 23.8 Å². The number of hydrogen-bond donors (Lipinski definition) is 1. The van der Waals surface area contributed by atoms with Gasteiger partial charge in [0.05, 0.1) is 6.07 Å². The molecule has 0 bridgehead atoms. The van der Waals surface area contributed by atoms with Crippen molar-refractivity contribution in [1.82, 2.24) is 20.1 Å². The van der Waals surface area contributed by atoms with Crippen LogP contribution in [-0.2, 0) is 6.42 Å². The van der Waals surface area contributed by atoms with E-state index in [0.29, 0.717) is 25.4 Å². The van der Waals surface area contributed by atoms with Gasteiger partial charge >= 0.3 is 5.88 Å². The van der Waals surface area contributed by atoms with Gasteiger partial charge in [-0.3, -0.25) is 14.9 Å². The fourth-order valence-corrected chi connectivity index (χ4v) is 3.80. The zero-order chi connectivity index (χ0) is 18.5. The number of amides is 1. The second-order valence-electron chi connectivity index (χ2n) is 6.17. The zero-order valence-electron chi connectivity index (χ0n) is 14.5. The SMILES string of the molecule is CSc1nnc(CCCNC(=O)c2ccc([N+](=O)[O-])o2)n1C1CCCC1. The lowest BCUT2D eigenvalue weighted by molar-refractivity contribution is -0.402. The molecule has 1 N–H and O–H groups in total. The molecule has 0 spiro atoms. The van der Waals surface area contributed by atoms with Crippen molar-refractivity contribution in [2.24, 2.45) is 0 Å². The van der Waals surface area contributed by atoms with Gasteiger partial charge in [-0.05, 0) is 31.6 Å². The van der Waals surface area contributed by atoms with E-state index in [4.69, 9.17) is 4.42 Å². The van der Waals surface area contributed by atoms with Crippen molar-refractivity contribution in [3.63, 3.8) is 0 Å². The summed E-state index contributed by atoms with van der Waals surface area (Å²) in [5, 5.41) is 22.8. The molecule has 2 aromatic heterocycles. The summed E-state index contributed by atoms with van der Waals surface area (Å²) in [6.45, 7) is 0.430. The highest BCUT2D eigenvalue weighted by Gasteiger charge is 2.23. The summed E-state index contributed by atoms with van der Waals surface area (Å²) in [5.74, 6) is -0.0100. The Hall–Kier alpha value is -2.36. The molecule has 2 heterocycles. The normalized spacial score (nSPS) is 14.7. The fourth-order valence-electron chi connectivity index (χ4n) is 3.23. The Balaban J connectivity index is 1.52. The Morgan fingerprint density at radius 2 is 2.19 bits per heavy atom. The standard InChI is InChI=1S/C16H21N5O4S/c1-26-16-19-18-13(20(16)11-5-2-3-6-11)7-4-10-17-15(22)12-8-9-14(25-12)21(23)24/h8-9,11H,2-7,10H2,1H3,(H,17,22). The minimum atomic E-state index is -0.671. The molecule has 9 nitrogen and oxygen atoms in total. The number of rotatable bonds is 8. The summed E-state index contributed by atoms with van der Waals surface area (Å²) in [6.07, 6.45) is 8.21. The Morgan fingerprint density at radius 1 is 1.42 bits per heavy atom. The lowest BCUT2D eigenvalue weighted by Gasteiger charge is -2.16. The van der Waals surface area contributed by atoms with Gasteiger partial charge in [-0.2, -0.15) is 0 Å². The van der Waals surface area contributed by atoms with E-state index >= 15 is 0 Å². The molecule has 1 aliphatic carbocycles. The quantitative estimate of drug-likeness (QED) is 0.324. The number of furan rings is 1. The Labute approximate surface area is 154 Å². The Kier molecular flexibility index (Phi) is 5.92. The molecule has 10 heteroatoms. The minimum Gasteiger partial charge on any atom is -0.395 e. The van der Waals surface area contributed by atoms with Crippen LogP contribution in [0, 0.1) is 10.1 Å². The number of nitro groups is 1. The van der Waals surface area contributed by atoms with E-state index < -0.39 is 16.7 Å². The number of hydrogen-bond acceptors (Lipinski definition) is 7. The van der Waals surface area contributed by atoms with Crippen LogP contribution in [0.2, 0.25) is 0 Å². The van der Waals surface area contributed by atoms with Crippen molar-refractivity contribution in [3.05, 3.63) is 33.8 Å². The van der Waals surface area contributed by atoms with Crippen LogP contribution in [0.15, 0.2) is 21.7 Å². The lowest BCUT2D eigenvalue weighted by Crippen LogP contribution is -2.24. The van der Waals surface area contributed by atoms with E-state index in [1.54, 1.807) is 11.8 Å². The summed E-state index contributed by atoms with van der Waals surface area (Å²) in [4.78, 5) is 21.9. The highest BCUT2D eigenvalue weighted by Crippen LogP contribution is 2.33. The molecule has 0 saturated heterocycles. The smallest absolute Gasteiger partial charge is 0.395 e. The van der Waals surface area contributed by atoms with Crippen LogP contribution >= 0.6 is 11.8 Å². The summed E-state index contributed by atoms with van der Waals surface area (Å²) in [6, 6.07) is 2.94. The third kappa shape index (κ3) is 4.06. The number of carbonyl (C=O) groups excluding carboxylic acids is 1. The molecule has 3 rings (SSSR count).